The summed E-state index contributed by atoms with van der Waals surface area (Å²) in [6.07, 6.45) is 5.24. The van der Waals surface area contributed by atoms with E-state index in [0.717, 1.165) is 36.6 Å². The Morgan fingerprint density at radius 2 is 2.11 bits per heavy atom. The lowest BCUT2D eigenvalue weighted by molar-refractivity contribution is 0.409. The van der Waals surface area contributed by atoms with E-state index in [-0.39, 0.29) is 5.82 Å². The lowest BCUT2D eigenvalue weighted by atomic mass is 10.0. The first-order chi connectivity index (χ1) is 8.70. The van der Waals surface area contributed by atoms with E-state index in [1.807, 2.05) is 12.1 Å². The van der Waals surface area contributed by atoms with Crippen molar-refractivity contribution in [2.24, 2.45) is 5.92 Å². The number of halogens is 1. The fourth-order valence-electron chi connectivity index (χ4n) is 2.54. The molecular formula is C15H17FN2. The van der Waals surface area contributed by atoms with Crippen LogP contribution in [-0.2, 0) is 19.4 Å². The maximum absolute atomic E-state index is 12.8. The largest absolute Gasteiger partial charge is 0.335 e. The molecule has 3 heteroatoms. The summed E-state index contributed by atoms with van der Waals surface area (Å²) in [4.78, 5) is 4.69. The lowest BCUT2D eigenvalue weighted by Gasteiger charge is -2.18. The molecule has 1 atom stereocenters. The van der Waals surface area contributed by atoms with E-state index in [1.54, 1.807) is 0 Å². The Labute approximate surface area is 106 Å². The minimum absolute atomic E-state index is 0.184. The molecule has 0 saturated heterocycles. The summed E-state index contributed by atoms with van der Waals surface area (Å²) in [5.41, 5.74) is 2.20. The maximum Gasteiger partial charge on any atom is 0.123 e. The van der Waals surface area contributed by atoms with E-state index >= 15 is 0 Å². The first-order valence-electron chi connectivity index (χ1n) is 6.50. The quantitative estimate of drug-likeness (QED) is 0.793. The van der Waals surface area contributed by atoms with Crippen LogP contribution in [0.15, 0.2) is 30.5 Å². The Hall–Kier alpha value is -1.64. The van der Waals surface area contributed by atoms with Crippen molar-refractivity contribution >= 4 is 0 Å². The molecule has 94 valence electrons. The zero-order chi connectivity index (χ0) is 12.5. The van der Waals surface area contributed by atoms with Gasteiger partial charge in [-0.2, -0.15) is 0 Å². The summed E-state index contributed by atoms with van der Waals surface area (Å²) in [5, 5.41) is 0. The molecule has 0 fully saturated rings. The van der Waals surface area contributed by atoms with Crippen molar-refractivity contribution in [3.05, 3.63) is 53.4 Å². The van der Waals surface area contributed by atoms with E-state index in [1.165, 1.54) is 24.4 Å². The van der Waals surface area contributed by atoms with Gasteiger partial charge in [0.25, 0.3) is 0 Å². The summed E-state index contributed by atoms with van der Waals surface area (Å²) < 4.78 is 15.1. The number of benzene rings is 1. The van der Waals surface area contributed by atoms with Gasteiger partial charge in [-0.05, 0) is 30.0 Å². The predicted molar refractivity (Wildman–Crippen MR) is 68.9 cm³/mol. The third kappa shape index (κ3) is 2.30. The van der Waals surface area contributed by atoms with Gasteiger partial charge in [-0.1, -0.05) is 19.1 Å². The van der Waals surface area contributed by atoms with Gasteiger partial charge >= 0.3 is 0 Å². The molecule has 2 aromatic rings. The van der Waals surface area contributed by atoms with Crippen molar-refractivity contribution < 1.29 is 4.39 Å². The molecule has 0 bridgehead atoms. The Balaban J connectivity index is 1.79. The molecule has 0 N–H and O–H groups in total. The van der Waals surface area contributed by atoms with E-state index in [4.69, 9.17) is 0 Å². The Morgan fingerprint density at radius 1 is 1.33 bits per heavy atom. The second-order valence-corrected chi connectivity index (χ2v) is 5.24. The lowest BCUT2D eigenvalue weighted by Crippen LogP contribution is -2.16. The topological polar surface area (TPSA) is 17.8 Å². The van der Waals surface area contributed by atoms with Gasteiger partial charge in [-0.3, -0.25) is 0 Å². The molecule has 0 aliphatic carbocycles. The monoisotopic (exact) mass is 244 g/mol. The molecule has 1 aliphatic rings. The number of aryl methyl sites for hydroxylation is 1. The van der Waals surface area contributed by atoms with Crippen LogP contribution in [0.2, 0.25) is 0 Å². The van der Waals surface area contributed by atoms with E-state index in [9.17, 15) is 4.39 Å². The number of hydrogen-bond acceptors (Lipinski definition) is 1. The van der Waals surface area contributed by atoms with E-state index < -0.39 is 0 Å². The molecule has 2 nitrogen and oxygen atoms in total. The van der Waals surface area contributed by atoms with Gasteiger partial charge in [0.2, 0.25) is 0 Å². The van der Waals surface area contributed by atoms with Crippen LogP contribution in [-0.4, -0.2) is 9.55 Å². The highest BCUT2D eigenvalue weighted by molar-refractivity contribution is 5.22. The maximum atomic E-state index is 12.8. The zero-order valence-corrected chi connectivity index (χ0v) is 10.6. The van der Waals surface area contributed by atoms with Crippen LogP contribution in [0, 0.1) is 11.7 Å². The molecule has 0 radical (unpaired) electrons. The molecule has 0 spiro atoms. The van der Waals surface area contributed by atoms with Gasteiger partial charge in [0, 0.05) is 25.6 Å². The third-order valence-corrected chi connectivity index (χ3v) is 3.60. The van der Waals surface area contributed by atoms with Gasteiger partial charge in [0.1, 0.15) is 11.6 Å². The number of imidazole rings is 1. The highest BCUT2D eigenvalue weighted by atomic mass is 19.1. The number of fused-ring (bicyclic) bond motifs is 1. The van der Waals surface area contributed by atoms with Gasteiger partial charge in [-0.25, -0.2) is 9.37 Å². The average molecular weight is 244 g/mol. The summed E-state index contributed by atoms with van der Waals surface area (Å²) >= 11 is 0. The summed E-state index contributed by atoms with van der Waals surface area (Å²) in [6, 6.07) is 6.67. The van der Waals surface area contributed by atoms with Crippen molar-refractivity contribution in [1.82, 2.24) is 9.55 Å². The number of hydrogen-bond donors (Lipinski definition) is 0. The van der Waals surface area contributed by atoms with Gasteiger partial charge in [-0.15, -0.1) is 0 Å². The molecule has 1 unspecified atom stereocenters. The molecule has 2 heterocycles. The van der Waals surface area contributed by atoms with Crippen LogP contribution in [0.25, 0.3) is 0 Å². The molecule has 1 aromatic heterocycles. The molecule has 3 rings (SSSR count). The predicted octanol–water partition coefficient (Wildman–Crippen LogP) is 3.20. The minimum Gasteiger partial charge on any atom is -0.335 e. The van der Waals surface area contributed by atoms with Crippen LogP contribution in [0.1, 0.15) is 30.4 Å². The fourth-order valence-corrected chi connectivity index (χ4v) is 2.54. The standard InChI is InChI=1S/C15H17FN2/c1-11-6-7-18-10-14(17-15(18)8-11)9-12-2-4-13(16)5-3-12/h2-5,10-11H,6-9H2,1H3. The SMILES string of the molecule is CC1CCn2cc(Cc3ccc(F)cc3)nc2C1. The number of rotatable bonds is 2. The highest BCUT2D eigenvalue weighted by Crippen LogP contribution is 2.20. The zero-order valence-electron chi connectivity index (χ0n) is 10.6. The summed E-state index contributed by atoms with van der Waals surface area (Å²) in [5.74, 6) is 1.75. The highest BCUT2D eigenvalue weighted by Gasteiger charge is 2.17. The summed E-state index contributed by atoms with van der Waals surface area (Å²) in [7, 11) is 0. The Bertz CT molecular complexity index is 542. The number of nitrogens with zero attached hydrogens (tertiary/aromatic N) is 2. The van der Waals surface area contributed by atoms with E-state index in [2.05, 4.69) is 22.7 Å². The van der Waals surface area contributed by atoms with Crippen molar-refractivity contribution in [3.63, 3.8) is 0 Å². The Morgan fingerprint density at radius 3 is 2.89 bits per heavy atom. The molecule has 0 amide bonds. The fraction of sp³-hybridized carbons (Fsp3) is 0.400. The van der Waals surface area contributed by atoms with Gasteiger partial charge < -0.3 is 4.57 Å². The normalized spacial score (nSPS) is 18.7. The van der Waals surface area contributed by atoms with Crippen molar-refractivity contribution in [2.75, 3.05) is 0 Å². The Kier molecular flexibility index (Phi) is 2.90. The smallest absolute Gasteiger partial charge is 0.123 e. The molecule has 0 saturated carbocycles. The second-order valence-electron chi connectivity index (χ2n) is 5.24. The van der Waals surface area contributed by atoms with Crippen LogP contribution in [0.4, 0.5) is 4.39 Å². The molecule has 1 aromatic carbocycles. The molecule has 18 heavy (non-hydrogen) atoms. The van der Waals surface area contributed by atoms with Gasteiger partial charge in [0.15, 0.2) is 0 Å². The first kappa shape index (κ1) is 11.5. The van der Waals surface area contributed by atoms with Crippen LogP contribution >= 0.6 is 0 Å². The van der Waals surface area contributed by atoms with Crippen LogP contribution < -0.4 is 0 Å². The summed E-state index contributed by atoms with van der Waals surface area (Å²) in [6.45, 7) is 3.35. The molecular weight excluding hydrogens is 227 g/mol. The second kappa shape index (κ2) is 4.56. The van der Waals surface area contributed by atoms with Crippen LogP contribution in [0.5, 0.6) is 0 Å². The van der Waals surface area contributed by atoms with Gasteiger partial charge in [0.05, 0.1) is 5.69 Å². The van der Waals surface area contributed by atoms with Crippen LogP contribution in [0.3, 0.4) is 0 Å². The van der Waals surface area contributed by atoms with Crippen molar-refractivity contribution in [2.45, 2.75) is 32.7 Å². The number of aromatic nitrogens is 2. The van der Waals surface area contributed by atoms with Crippen molar-refractivity contribution in [1.29, 1.82) is 0 Å². The van der Waals surface area contributed by atoms with E-state index in [0.29, 0.717) is 0 Å². The first-order valence-corrected chi connectivity index (χ1v) is 6.50. The average Bonchev–Trinajstić information content (AvgIpc) is 2.73. The van der Waals surface area contributed by atoms with Crippen molar-refractivity contribution in [3.8, 4) is 0 Å². The third-order valence-electron chi connectivity index (χ3n) is 3.60. The minimum atomic E-state index is -0.184. The molecule has 1 aliphatic heterocycles.